The van der Waals surface area contributed by atoms with E-state index >= 15 is 0 Å². The van der Waals surface area contributed by atoms with Crippen LogP contribution in [0, 0.1) is 13.8 Å². The Morgan fingerprint density at radius 3 is 2.27 bits per heavy atom. The Bertz CT molecular complexity index is 890. The van der Waals surface area contributed by atoms with Crippen LogP contribution in [0.4, 0.5) is 5.69 Å². The predicted molar refractivity (Wildman–Crippen MR) is 102 cm³/mol. The molecule has 3 aromatic rings. The number of aromatic nitrogens is 1. The minimum absolute atomic E-state index is 0.0552. The molecule has 0 unspecified atom stereocenters. The first-order valence-electron chi connectivity index (χ1n) is 8.66. The number of hydrogen-bond acceptors (Lipinski definition) is 2. The van der Waals surface area contributed by atoms with Crippen LogP contribution in [0.2, 0.25) is 0 Å². The van der Waals surface area contributed by atoms with Crippen LogP contribution in [0.1, 0.15) is 24.2 Å². The summed E-state index contributed by atoms with van der Waals surface area (Å²) in [6.07, 6.45) is 1.93. The lowest BCUT2D eigenvalue weighted by Crippen LogP contribution is -2.47. The van der Waals surface area contributed by atoms with Crippen molar-refractivity contribution < 1.29 is 14.1 Å². The van der Waals surface area contributed by atoms with Crippen LogP contribution in [-0.4, -0.2) is 5.91 Å². The van der Waals surface area contributed by atoms with Crippen molar-refractivity contribution in [1.29, 1.82) is 0 Å². The van der Waals surface area contributed by atoms with E-state index in [0.29, 0.717) is 0 Å². The van der Waals surface area contributed by atoms with Crippen molar-refractivity contribution in [2.24, 2.45) is 0 Å². The number of ether oxygens (including phenoxy) is 1. The van der Waals surface area contributed by atoms with Crippen molar-refractivity contribution in [2.75, 3.05) is 5.32 Å². The number of para-hydroxylation sites is 1. The molecular formula is C22H23N2O2+. The zero-order chi connectivity index (χ0) is 18.5. The minimum Gasteiger partial charge on any atom is -0.457 e. The number of aryl methyl sites for hydroxylation is 1. The van der Waals surface area contributed by atoms with Crippen molar-refractivity contribution in [3.05, 3.63) is 84.2 Å². The fourth-order valence-corrected chi connectivity index (χ4v) is 2.74. The molecule has 0 radical (unpaired) electrons. The molecule has 1 heterocycles. The van der Waals surface area contributed by atoms with Gasteiger partial charge in [-0.25, -0.2) is 0 Å². The van der Waals surface area contributed by atoms with E-state index in [-0.39, 0.29) is 11.9 Å². The van der Waals surface area contributed by atoms with Gasteiger partial charge in [0.25, 0.3) is 5.91 Å². The van der Waals surface area contributed by atoms with Crippen molar-refractivity contribution in [3.63, 3.8) is 0 Å². The van der Waals surface area contributed by atoms with E-state index in [1.165, 1.54) is 0 Å². The molecule has 0 aliphatic heterocycles. The van der Waals surface area contributed by atoms with Crippen molar-refractivity contribution in [3.8, 4) is 11.5 Å². The molecular weight excluding hydrogens is 324 g/mol. The zero-order valence-corrected chi connectivity index (χ0v) is 15.3. The Labute approximate surface area is 154 Å². The summed E-state index contributed by atoms with van der Waals surface area (Å²) >= 11 is 0. The maximum Gasteiger partial charge on any atom is 0.293 e. The van der Waals surface area contributed by atoms with E-state index < -0.39 is 0 Å². The Morgan fingerprint density at radius 1 is 0.923 bits per heavy atom. The molecule has 0 fully saturated rings. The molecule has 0 saturated heterocycles. The number of nitrogens with one attached hydrogen (secondary N) is 1. The summed E-state index contributed by atoms with van der Waals surface area (Å²) in [4.78, 5) is 12.6. The maximum atomic E-state index is 12.6. The molecule has 1 amide bonds. The first kappa shape index (κ1) is 17.7. The van der Waals surface area contributed by atoms with Crippen LogP contribution >= 0.6 is 0 Å². The predicted octanol–water partition coefficient (Wildman–Crippen LogP) is 4.58. The van der Waals surface area contributed by atoms with Gasteiger partial charge in [-0.2, -0.15) is 4.57 Å². The molecule has 3 rings (SSSR count). The van der Waals surface area contributed by atoms with E-state index in [0.717, 1.165) is 28.4 Å². The van der Waals surface area contributed by atoms with Crippen LogP contribution in [0.5, 0.6) is 11.5 Å². The highest BCUT2D eigenvalue weighted by molar-refractivity contribution is 5.92. The third kappa shape index (κ3) is 4.09. The minimum atomic E-state index is -0.296. The Kier molecular flexibility index (Phi) is 5.32. The third-order valence-corrected chi connectivity index (χ3v) is 4.45. The van der Waals surface area contributed by atoms with E-state index in [4.69, 9.17) is 4.74 Å². The van der Waals surface area contributed by atoms with Gasteiger partial charge >= 0.3 is 0 Å². The summed E-state index contributed by atoms with van der Waals surface area (Å²) in [5.74, 6) is 1.45. The number of carbonyl (C=O) groups excluding carboxylic acids is 1. The molecule has 4 nitrogen and oxygen atoms in total. The van der Waals surface area contributed by atoms with Gasteiger partial charge in [0, 0.05) is 31.2 Å². The van der Waals surface area contributed by atoms with E-state index in [1.54, 1.807) is 0 Å². The highest BCUT2D eigenvalue weighted by atomic mass is 16.5. The van der Waals surface area contributed by atoms with Gasteiger partial charge in [-0.05, 0) is 49.4 Å². The molecule has 0 aliphatic rings. The van der Waals surface area contributed by atoms with E-state index in [9.17, 15) is 4.79 Å². The summed E-state index contributed by atoms with van der Waals surface area (Å²) in [5.41, 5.74) is 2.99. The van der Waals surface area contributed by atoms with Gasteiger partial charge in [0.15, 0.2) is 11.9 Å². The highest BCUT2D eigenvalue weighted by Crippen LogP contribution is 2.22. The molecule has 0 spiro atoms. The second kappa shape index (κ2) is 7.83. The molecule has 0 bridgehead atoms. The topological polar surface area (TPSA) is 42.2 Å². The first-order valence-corrected chi connectivity index (χ1v) is 8.66. The number of pyridine rings is 1. The lowest BCUT2D eigenvalue weighted by molar-refractivity contribution is -0.711. The van der Waals surface area contributed by atoms with Crippen LogP contribution < -0.4 is 14.6 Å². The van der Waals surface area contributed by atoms with Gasteiger partial charge < -0.3 is 10.1 Å². The smallest absolute Gasteiger partial charge is 0.293 e. The summed E-state index contributed by atoms with van der Waals surface area (Å²) in [5, 5.41) is 2.96. The van der Waals surface area contributed by atoms with Gasteiger partial charge in [-0.3, -0.25) is 4.79 Å². The molecule has 132 valence electrons. The number of hydrogen-bond donors (Lipinski definition) is 1. The summed E-state index contributed by atoms with van der Waals surface area (Å²) in [6.45, 7) is 5.96. The Morgan fingerprint density at radius 2 is 1.58 bits per heavy atom. The first-order chi connectivity index (χ1) is 12.5. The molecule has 4 heteroatoms. The number of anilines is 1. The quantitative estimate of drug-likeness (QED) is 0.686. The van der Waals surface area contributed by atoms with Crippen LogP contribution in [0.15, 0.2) is 72.9 Å². The van der Waals surface area contributed by atoms with Crippen LogP contribution in [0.3, 0.4) is 0 Å². The molecule has 0 saturated carbocycles. The van der Waals surface area contributed by atoms with Crippen molar-refractivity contribution in [1.82, 2.24) is 0 Å². The maximum absolute atomic E-state index is 12.6. The second-order valence-corrected chi connectivity index (χ2v) is 6.29. The highest BCUT2D eigenvalue weighted by Gasteiger charge is 2.24. The average Bonchev–Trinajstić information content (AvgIpc) is 2.66. The van der Waals surface area contributed by atoms with Gasteiger partial charge in [0.2, 0.25) is 6.04 Å². The number of carbonyl (C=O) groups is 1. The Hall–Kier alpha value is -3.14. The zero-order valence-electron chi connectivity index (χ0n) is 15.3. The molecule has 1 aromatic heterocycles. The summed E-state index contributed by atoms with van der Waals surface area (Å²) in [6, 6.07) is 20.7. The van der Waals surface area contributed by atoms with Gasteiger partial charge in [0.05, 0.1) is 0 Å². The molecule has 1 atom stereocenters. The van der Waals surface area contributed by atoms with E-state index in [2.05, 4.69) is 5.32 Å². The molecule has 1 N–H and O–H groups in total. The lowest BCUT2D eigenvalue weighted by atomic mass is 10.2. The summed E-state index contributed by atoms with van der Waals surface area (Å²) < 4.78 is 7.75. The standard InChI is InChI=1S/C22H22N2O2/c1-16-8-7-15-24(17(16)2)18(3)22(25)23-19-11-13-21(14-12-19)26-20-9-5-4-6-10-20/h4-15,18H,1-3H3/p+1/t18-/m1/s1. The van der Waals surface area contributed by atoms with Gasteiger partial charge in [0.1, 0.15) is 11.5 Å². The monoisotopic (exact) mass is 347 g/mol. The number of nitrogens with zero attached hydrogens (tertiary/aromatic N) is 1. The lowest BCUT2D eigenvalue weighted by Gasteiger charge is -2.12. The van der Waals surface area contributed by atoms with Gasteiger partial charge in [-0.1, -0.05) is 18.2 Å². The number of rotatable bonds is 5. The van der Waals surface area contributed by atoms with Crippen LogP contribution in [0.25, 0.3) is 0 Å². The number of amides is 1. The molecule has 26 heavy (non-hydrogen) atoms. The number of benzene rings is 2. The normalized spacial score (nSPS) is 11.7. The SMILES string of the molecule is Cc1ccc[n+]([C@H](C)C(=O)Nc2ccc(Oc3ccccc3)cc2)c1C. The largest absolute Gasteiger partial charge is 0.457 e. The van der Waals surface area contributed by atoms with Crippen molar-refractivity contribution in [2.45, 2.75) is 26.8 Å². The summed E-state index contributed by atoms with van der Waals surface area (Å²) in [7, 11) is 0. The van der Waals surface area contributed by atoms with Gasteiger partial charge in [-0.15, -0.1) is 0 Å². The van der Waals surface area contributed by atoms with Crippen molar-refractivity contribution >= 4 is 11.6 Å². The van der Waals surface area contributed by atoms with Crippen LogP contribution in [-0.2, 0) is 4.79 Å². The van der Waals surface area contributed by atoms with E-state index in [1.807, 2.05) is 98.3 Å². The molecule has 0 aliphatic carbocycles. The average molecular weight is 347 g/mol. The second-order valence-electron chi connectivity index (χ2n) is 6.29. The third-order valence-electron chi connectivity index (χ3n) is 4.45. The fourth-order valence-electron chi connectivity index (χ4n) is 2.74. The fraction of sp³-hybridized carbons (Fsp3) is 0.182. The molecule has 2 aromatic carbocycles. The Balaban J connectivity index is 1.66.